The molecule has 1 aliphatic heterocycles. The molecule has 1 aliphatic rings. The van der Waals surface area contributed by atoms with Crippen LogP contribution in [0.15, 0.2) is 42.5 Å². The molecule has 0 saturated carbocycles. The fraction of sp³-hybridized carbons (Fsp3) is 0.300. The summed E-state index contributed by atoms with van der Waals surface area (Å²) in [6.07, 6.45) is 0.904. The van der Waals surface area contributed by atoms with Gasteiger partial charge in [0.25, 0.3) is 0 Å². The van der Waals surface area contributed by atoms with Crippen molar-refractivity contribution in [3.05, 3.63) is 64.7 Å². The Bertz CT molecular complexity index is 935. The predicted molar refractivity (Wildman–Crippen MR) is 103 cm³/mol. The van der Waals surface area contributed by atoms with E-state index in [1.54, 1.807) is 7.11 Å². The van der Waals surface area contributed by atoms with Crippen molar-refractivity contribution < 1.29 is 4.74 Å². The molecule has 1 N–H and O–H groups in total. The van der Waals surface area contributed by atoms with Crippen LogP contribution in [-0.2, 0) is 0 Å². The Balaban J connectivity index is 1.83. The van der Waals surface area contributed by atoms with E-state index in [9.17, 15) is 0 Å². The van der Waals surface area contributed by atoms with Crippen molar-refractivity contribution >= 4 is 17.3 Å². The van der Waals surface area contributed by atoms with E-state index >= 15 is 0 Å². The summed E-state index contributed by atoms with van der Waals surface area (Å²) < 4.78 is 7.63. The zero-order valence-electron chi connectivity index (χ0n) is 15.0. The minimum absolute atomic E-state index is 0.123. The smallest absolute Gasteiger partial charge is 0.140 e. The molecule has 134 valence electrons. The van der Waals surface area contributed by atoms with Crippen molar-refractivity contribution in [1.29, 1.82) is 0 Å². The molecular weight excluding hydrogens is 348 g/mol. The van der Waals surface area contributed by atoms with Gasteiger partial charge in [0.1, 0.15) is 17.4 Å². The Kier molecular flexibility index (Phi) is 4.32. The molecule has 6 heteroatoms. The number of ether oxygens (including phenoxy) is 1. The maximum Gasteiger partial charge on any atom is 0.140 e. The van der Waals surface area contributed by atoms with Gasteiger partial charge in [0.05, 0.1) is 18.8 Å². The van der Waals surface area contributed by atoms with Crippen molar-refractivity contribution in [2.75, 3.05) is 12.4 Å². The molecule has 0 radical (unpaired) electrons. The van der Waals surface area contributed by atoms with Crippen molar-refractivity contribution in [2.45, 2.75) is 32.2 Å². The lowest BCUT2D eigenvalue weighted by atomic mass is 9.95. The average molecular weight is 369 g/mol. The molecule has 26 heavy (non-hydrogen) atoms. The largest absolute Gasteiger partial charge is 0.497 e. The number of aryl methyl sites for hydroxylation is 1. The summed E-state index contributed by atoms with van der Waals surface area (Å²) in [6.45, 7) is 4.18. The van der Waals surface area contributed by atoms with E-state index in [0.29, 0.717) is 0 Å². The van der Waals surface area contributed by atoms with E-state index in [1.165, 1.54) is 5.56 Å². The molecule has 1 aromatic heterocycles. The van der Waals surface area contributed by atoms with Gasteiger partial charge in [-0.05, 0) is 55.8 Å². The summed E-state index contributed by atoms with van der Waals surface area (Å²) >= 11 is 6.03. The first-order valence-electron chi connectivity index (χ1n) is 8.69. The lowest BCUT2D eigenvalue weighted by molar-refractivity contribution is 0.413. The molecule has 2 atom stereocenters. The number of anilines is 1. The first-order chi connectivity index (χ1) is 12.6. The highest BCUT2D eigenvalue weighted by Gasteiger charge is 2.29. The fourth-order valence-electron chi connectivity index (χ4n) is 3.61. The van der Waals surface area contributed by atoms with Crippen LogP contribution in [0.1, 0.15) is 42.5 Å². The molecule has 0 saturated heterocycles. The Morgan fingerprint density at radius 2 is 1.92 bits per heavy atom. The van der Waals surface area contributed by atoms with Gasteiger partial charge in [0.2, 0.25) is 0 Å². The molecule has 5 nitrogen and oxygen atoms in total. The minimum atomic E-state index is 0.123. The molecule has 3 aromatic rings. The lowest BCUT2D eigenvalue weighted by Gasteiger charge is -2.22. The number of rotatable bonds is 3. The summed E-state index contributed by atoms with van der Waals surface area (Å²) in [6, 6.07) is 14.1. The van der Waals surface area contributed by atoms with Gasteiger partial charge < -0.3 is 10.1 Å². The topological polar surface area (TPSA) is 52.0 Å². The normalized spacial score (nSPS) is 18.6. The number of nitrogens with zero attached hydrogens (tertiary/aromatic N) is 3. The van der Waals surface area contributed by atoms with E-state index in [0.717, 1.165) is 40.2 Å². The Labute approximate surface area is 158 Å². The van der Waals surface area contributed by atoms with Gasteiger partial charge in [0.15, 0.2) is 0 Å². The van der Waals surface area contributed by atoms with Gasteiger partial charge in [-0.1, -0.05) is 18.5 Å². The first-order valence-corrected chi connectivity index (χ1v) is 9.07. The third-order valence-corrected chi connectivity index (χ3v) is 5.17. The fourth-order valence-corrected chi connectivity index (χ4v) is 3.73. The maximum atomic E-state index is 6.03. The number of halogens is 1. The molecule has 0 spiro atoms. The first kappa shape index (κ1) is 16.9. The zero-order chi connectivity index (χ0) is 18.3. The number of fused-ring (bicyclic) bond motifs is 3. The van der Waals surface area contributed by atoms with Crippen molar-refractivity contribution in [1.82, 2.24) is 14.8 Å². The van der Waals surface area contributed by atoms with Gasteiger partial charge in [0, 0.05) is 22.2 Å². The van der Waals surface area contributed by atoms with Gasteiger partial charge >= 0.3 is 0 Å². The highest BCUT2D eigenvalue weighted by Crippen LogP contribution is 2.39. The third kappa shape index (κ3) is 2.92. The van der Waals surface area contributed by atoms with Gasteiger partial charge in [-0.15, -0.1) is 10.2 Å². The second kappa shape index (κ2) is 6.65. The molecule has 0 amide bonds. The SMILES string of the molecule is COc1ccc2c(c1)C(Nc1ccc(Cl)cc1)CC(C)c1nnc(C)n1-2. The van der Waals surface area contributed by atoms with Gasteiger partial charge in [-0.25, -0.2) is 0 Å². The molecule has 2 aromatic carbocycles. The van der Waals surface area contributed by atoms with Crippen molar-refractivity contribution in [2.24, 2.45) is 0 Å². The Morgan fingerprint density at radius 3 is 2.65 bits per heavy atom. The van der Waals surface area contributed by atoms with Crippen LogP contribution in [0.3, 0.4) is 0 Å². The van der Waals surface area contributed by atoms with Crippen molar-refractivity contribution in [3.63, 3.8) is 0 Å². The van der Waals surface area contributed by atoms with E-state index in [1.807, 2.05) is 37.3 Å². The number of methoxy groups -OCH3 is 1. The standard InChI is InChI=1S/C20H21ClN4O/c1-12-10-18(22-15-6-4-14(21)5-7-15)17-11-16(26-3)8-9-19(17)25-13(2)23-24-20(12)25/h4-9,11-12,18,22H,10H2,1-3H3. The average Bonchev–Trinajstić information content (AvgIpc) is 2.98. The number of nitrogens with one attached hydrogen (secondary N) is 1. The molecule has 4 rings (SSSR count). The van der Waals surface area contributed by atoms with Crippen LogP contribution in [0.25, 0.3) is 5.69 Å². The highest BCUT2D eigenvalue weighted by atomic mass is 35.5. The molecule has 0 bridgehead atoms. The van der Waals surface area contributed by atoms with Crippen LogP contribution < -0.4 is 10.1 Å². The van der Waals surface area contributed by atoms with E-state index in [2.05, 4.69) is 39.1 Å². The van der Waals surface area contributed by atoms with E-state index in [4.69, 9.17) is 16.3 Å². The van der Waals surface area contributed by atoms with Crippen LogP contribution in [-0.4, -0.2) is 21.9 Å². The lowest BCUT2D eigenvalue weighted by Crippen LogP contribution is -2.13. The zero-order valence-corrected chi connectivity index (χ0v) is 15.8. The second-order valence-electron chi connectivity index (χ2n) is 6.71. The number of benzene rings is 2. The Hall–Kier alpha value is -2.53. The summed E-state index contributed by atoms with van der Waals surface area (Å²) in [5.41, 5.74) is 3.31. The van der Waals surface area contributed by atoms with Crippen molar-refractivity contribution in [3.8, 4) is 11.4 Å². The predicted octanol–water partition coefficient (Wildman–Crippen LogP) is 4.90. The Morgan fingerprint density at radius 1 is 1.15 bits per heavy atom. The monoisotopic (exact) mass is 368 g/mol. The number of aromatic nitrogens is 3. The van der Waals surface area contributed by atoms with Gasteiger partial charge in [-0.3, -0.25) is 4.57 Å². The summed E-state index contributed by atoms with van der Waals surface area (Å²) in [4.78, 5) is 0. The summed E-state index contributed by atoms with van der Waals surface area (Å²) in [5.74, 6) is 2.99. The van der Waals surface area contributed by atoms with E-state index < -0.39 is 0 Å². The summed E-state index contributed by atoms with van der Waals surface area (Å²) in [7, 11) is 1.69. The molecule has 0 fully saturated rings. The molecule has 0 aliphatic carbocycles. The highest BCUT2D eigenvalue weighted by molar-refractivity contribution is 6.30. The minimum Gasteiger partial charge on any atom is -0.497 e. The molecular formula is C20H21ClN4O. The van der Waals surface area contributed by atoms with Crippen LogP contribution in [0.5, 0.6) is 5.75 Å². The molecule has 2 heterocycles. The quantitative estimate of drug-likeness (QED) is 0.714. The van der Waals surface area contributed by atoms with Crippen LogP contribution in [0.4, 0.5) is 5.69 Å². The van der Waals surface area contributed by atoms with Crippen LogP contribution in [0.2, 0.25) is 5.02 Å². The number of hydrogen-bond donors (Lipinski definition) is 1. The van der Waals surface area contributed by atoms with E-state index in [-0.39, 0.29) is 12.0 Å². The maximum absolute atomic E-state index is 6.03. The second-order valence-corrected chi connectivity index (χ2v) is 7.14. The molecule has 2 unspecified atom stereocenters. The summed E-state index contributed by atoms with van der Waals surface area (Å²) in [5, 5.41) is 13.1. The van der Waals surface area contributed by atoms with Gasteiger partial charge in [-0.2, -0.15) is 0 Å². The third-order valence-electron chi connectivity index (χ3n) is 4.92. The van der Waals surface area contributed by atoms with Crippen LogP contribution in [0, 0.1) is 6.92 Å². The number of hydrogen-bond acceptors (Lipinski definition) is 4. The van der Waals surface area contributed by atoms with Crippen LogP contribution >= 0.6 is 11.6 Å².